The number of aromatic amines is 1. The van der Waals surface area contributed by atoms with E-state index in [1.807, 2.05) is 42.5 Å². The third-order valence-corrected chi connectivity index (χ3v) is 4.78. The van der Waals surface area contributed by atoms with Crippen LogP contribution in [0.25, 0.3) is 45.7 Å². The molecule has 9 nitrogen and oxygen atoms in total. The second kappa shape index (κ2) is 7.21. The first-order valence-electron chi connectivity index (χ1n) is 9.24. The molecule has 0 bridgehead atoms. The molecule has 30 heavy (non-hydrogen) atoms. The number of nitrogens with one attached hydrogen (secondary N) is 1. The number of rotatable bonds is 4. The predicted octanol–water partition coefficient (Wildman–Crippen LogP) is 2.96. The van der Waals surface area contributed by atoms with Gasteiger partial charge in [0.05, 0.1) is 11.2 Å². The van der Waals surface area contributed by atoms with E-state index < -0.39 is 0 Å². The molecule has 4 heterocycles. The zero-order valence-corrected chi connectivity index (χ0v) is 16.1. The van der Waals surface area contributed by atoms with Crippen LogP contribution in [0.2, 0.25) is 0 Å². The number of H-pyrrole nitrogens is 1. The number of pyridine rings is 2. The van der Waals surface area contributed by atoms with Gasteiger partial charge in [0, 0.05) is 24.8 Å². The molecule has 9 heteroatoms. The van der Waals surface area contributed by atoms with Gasteiger partial charge < -0.3 is 5.73 Å². The number of anilines is 1. The summed E-state index contributed by atoms with van der Waals surface area (Å²) in [6.45, 7) is 0. The molecule has 5 rings (SSSR count). The molecular weight excluding hydrogens is 378 g/mol. The predicted molar refractivity (Wildman–Crippen MR) is 115 cm³/mol. The SMILES string of the molecule is Cn1nnnc1-c1ccc(/C=C/c2n[nH]c3cc(-c4ccnc(N)c4)ccc23)cn1. The van der Waals surface area contributed by atoms with Crippen molar-refractivity contribution in [3.63, 3.8) is 0 Å². The number of aromatic nitrogens is 8. The number of hydrogen-bond acceptors (Lipinski definition) is 7. The van der Waals surface area contributed by atoms with Crippen LogP contribution in [0.4, 0.5) is 5.82 Å². The third kappa shape index (κ3) is 3.28. The Balaban J connectivity index is 1.40. The summed E-state index contributed by atoms with van der Waals surface area (Å²) < 4.78 is 1.59. The lowest BCUT2D eigenvalue weighted by atomic mass is 10.0. The quantitative estimate of drug-likeness (QED) is 0.479. The van der Waals surface area contributed by atoms with E-state index in [0.717, 1.165) is 33.3 Å². The van der Waals surface area contributed by atoms with Crippen LogP contribution in [0, 0.1) is 0 Å². The monoisotopic (exact) mass is 395 g/mol. The fraction of sp³-hybridized carbons (Fsp3) is 0.0476. The van der Waals surface area contributed by atoms with Crippen molar-refractivity contribution in [2.45, 2.75) is 0 Å². The van der Waals surface area contributed by atoms with Crippen LogP contribution in [0.15, 0.2) is 54.9 Å². The van der Waals surface area contributed by atoms with Crippen LogP contribution in [0.1, 0.15) is 11.3 Å². The molecule has 146 valence electrons. The third-order valence-electron chi connectivity index (χ3n) is 4.78. The van der Waals surface area contributed by atoms with E-state index >= 15 is 0 Å². The van der Waals surface area contributed by atoms with E-state index in [0.29, 0.717) is 17.3 Å². The Bertz CT molecular complexity index is 1360. The molecule has 0 aliphatic carbocycles. The zero-order chi connectivity index (χ0) is 20.5. The fourth-order valence-corrected chi connectivity index (χ4v) is 3.23. The Morgan fingerprint density at radius 3 is 2.67 bits per heavy atom. The van der Waals surface area contributed by atoms with Crippen LogP contribution in [-0.2, 0) is 7.05 Å². The second-order valence-corrected chi connectivity index (χ2v) is 6.77. The molecule has 0 aliphatic rings. The lowest BCUT2D eigenvalue weighted by Crippen LogP contribution is -1.96. The molecule has 0 saturated carbocycles. The van der Waals surface area contributed by atoms with E-state index in [1.165, 1.54) is 0 Å². The van der Waals surface area contributed by atoms with Crippen molar-refractivity contribution in [1.82, 2.24) is 40.4 Å². The Morgan fingerprint density at radius 1 is 1.00 bits per heavy atom. The normalized spacial score (nSPS) is 11.5. The lowest BCUT2D eigenvalue weighted by Gasteiger charge is -2.02. The summed E-state index contributed by atoms with van der Waals surface area (Å²) in [6.07, 6.45) is 7.42. The molecule has 1 aromatic carbocycles. The van der Waals surface area contributed by atoms with E-state index in [-0.39, 0.29) is 0 Å². The largest absolute Gasteiger partial charge is 0.384 e. The Kier molecular flexibility index (Phi) is 4.25. The number of nitrogens with two attached hydrogens (primary N) is 1. The van der Waals surface area contributed by atoms with Gasteiger partial charge in [-0.15, -0.1) is 5.10 Å². The zero-order valence-electron chi connectivity index (χ0n) is 16.1. The molecule has 0 atom stereocenters. The Morgan fingerprint density at radius 2 is 1.90 bits per heavy atom. The molecule has 4 aromatic heterocycles. The summed E-state index contributed by atoms with van der Waals surface area (Å²) in [5.74, 6) is 1.12. The highest BCUT2D eigenvalue weighted by Gasteiger charge is 2.08. The first-order chi connectivity index (χ1) is 14.7. The summed E-state index contributed by atoms with van der Waals surface area (Å²) in [6, 6.07) is 13.8. The maximum Gasteiger partial charge on any atom is 0.200 e. The summed E-state index contributed by atoms with van der Waals surface area (Å²) in [7, 11) is 1.78. The van der Waals surface area contributed by atoms with Gasteiger partial charge in [-0.05, 0) is 63.5 Å². The second-order valence-electron chi connectivity index (χ2n) is 6.77. The number of tetrazole rings is 1. The van der Waals surface area contributed by atoms with Crippen molar-refractivity contribution in [3.05, 3.63) is 66.1 Å². The van der Waals surface area contributed by atoms with Gasteiger partial charge >= 0.3 is 0 Å². The van der Waals surface area contributed by atoms with Crippen LogP contribution in [-0.4, -0.2) is 40.4 Å². The maximum atomic E-state index is 5.80. The van der Waals surface area contributed by atoms with Crippen LogP contribution < -0.4 is 5.73 Å². The standard InChI is InChI=1S/C21H17N9/c1-30-21(27-28-29-30)18-7-3-13(12-24-18)2-6-17-16-5-4-14(10-19(16)26-25-17)15-8-9-23-20(22)11-15/h2-12H,1H3,(H2,22,23)(H,25,26)/b6-2+. The number of nitrogen functional groups attached to an aromatic ring is 1. The number of hydrogen-bond donors (Lipinski definition) is 2. The molecule has 0 spiro atoms. The highest BCUT2D eigenvalue weighted by Crippen LogP contribution is 2.26. The number of fused-ring (bicyclic) bond motifs is 1. The molecular formula is C21H17N9. The van der Waals surface area contributed by atoms with Crippen LogP contribution >= 0.6 is 0 Å². The fourth-order valence-electron chi connectivity index (χ4n) is 3.23. The minimum Gasteiger partial charge on any atom is -0.384 e. The topological polar surface area (TPSA) is 124 Å². The van der Waals surface area contributed by atoms with Crippen molar-refractivity contribution >= 4 is 28.9 Å². The highest BCUT2D eigenvalue weighted by atomic mass is 15.5. The van der Waals surface area contributed by atoms with Crippen LogP contribution in [0.5, 0.6) is 0 Å². The van der Waals surface area contributed by atoms with Gasteiger partial charge in [-0.2, -0.15) is 5.10 Å². The summed E-state index contributed by atoms with van der Waals surface area (Å²) in [5, 5.41) is 20.0. The Labute approximate surface area is 171 Å². The van der Waals surface area contributed by atoms with Gasteiger partial charge in [0.2, 0.25) is 0 Å². The minimum absolute atomic E-state index is 0.496. The first-order valence-corrected chi connectivity index (χ1v) is 9.24. The molecule has 3 N–H and O–H groups in total. The molecule has 5 aromatic rings. The molecule has 0 unspecified atom stereocenters. The van der Waals surface area contributed by atoms with Gasteiger partial charge in [0.15, 0.2) is 5.82 Å². The van der Waals surface area contributed by atoms with E-state index in [1.54, 1.807) is 24.1 Å². The first kappa shape index (κ1) is 17.7. The van der Waals surface area contributed by atoms with Crippen molar-refractivity contribution in [2.75, 3.05) is 5.73 Å². The van der Waals surface area contributed by atoms with E-state index in [2.05, 4.69) is 47.8 Å². The lowest BCUT2D eigenvalue weighted by molar-refractivity contribution is 0.713. The average molecular weight is 395 g/mol. The van der Waals surface area contributed by atoms with Gasteiger partial charge in [0.1, 0.15) is 11.5 Å². The molecule has 0 aliphatic heterocycles. The van der Waals surface area contributed by atoms with Crippen molar-refractivity contribution in [3.8, 4) is 22.6 Å². The van der Waals surface area contributed by atoms with Gasteiger partial charge in [-0.3, -0.25) is 10.1 Å². The van der Waals surface area contributed by atoms with Crippen molar-refractivity contribution in [2.24, 2.45) is 7.05 Å². The van der Waals surface area contributed by atoms with E-state index in [9.17, 15) is 0 Å². The smallest absolute Gasteiger partial charge is 0.200 e. The average Bonchev–Trinajstić information content (AvgIpc) is 3.38. The van der Waals surface area contributed by atoms with Crippen molar-refractivity contribution < 1.29 is 0 Å². The number of nitrogens with zero attached hydrogens (tertiary/aromatic N) is 7. The van der Waals surface area contributed by atoms with E-state index in [4.69, 9.17) is 5.73 Å². The minimum atomic E-state index is 0.496. The Hall–Kier alpha value is -4.40. The number of aryl methyl sites for hydroxylation is 1. The molecule has 0 saturated heterocycles. The summed E-state index contributed by atoms with van der Waals surface area (Å²) in [5.41, 5.74) is 11.3. The molecule has 0 fully saturated rings. The summed E-state index contributed by atoms with van der Waals surface area (Å²) in [4.78, 5) is 8.48. The maximum absolute atomic E-state index is 5.80. The molecule has 0 amide bonds. The van der Waals surface area contributed by atoms with Crippen LogP contribution in [0.3, 0.4) is 0 Å². The highest BCUT2D eigenvalue weighted by molar-refractivity contribution is 5.92. The molecule has 0 radical (unpaired) electrons. The van der Waals surface area contributed by atoms with Gasteiger partial charge in [-0.1, -0.05) is 18.2 Å². The summed E-state index contributed by atoms with van der Waals surface area (Å²) >= 11 is 0. The van der Waals surface area contributed by atoms with Crippen molar-refractivity contribution in [1.29, 1.82) is 0 Å². The number of benzene rings is 1. The van der Waals surface area contributed by atoms with Gasteiger partial charge in [0.25, 0.3) is 0 Å². The van der Waals surface area contributed by atoms with Gasteiger partial charge in [-0.25, -0.2) is 9.67 Å².